The highest BCUT2D eigenvalue weighted by atomic mass is 16.6. The van der Waals surface area contributed by atoms with Crippen LogP contribution in [0.15, 0.2) is 53.3 Å². The van der Waals surface area contributed by atoms with Gasteiger partial charge < -0.3 is 19.4 Å². The van der Waals surface area contributed by atoms with Crippen molar-refractivity contribution >= 4 is 28.5 Å². The number of ether oxygens (including phenoxy) is 2. The minimum atomic E-state index is -1.25. The van der Waals surface area contributed by atoms with Crippen LogP contribution in [-0.2, 0) is 20.9 Å². The highest BCUT2D eigenvalue weighted by Gasteiger charge is 2.76. The standard InChI is InChI=1S/C29H32N4O5/c1-27(2)28(3)11-12-29(27,38-25(28)35)26(36)37-20-8-6-7-19(17-20)33-15-13-32(14-16-33)18-23-30-22-10-5-4-9-21(22)24(34)31-23/h4-10,17H,11-16,18H2,1-3H3,(H,30,31,34)/t28?,29-/m1/s1. The largest absolute Gasteiger partial charge is 0.446 e. The molecule has 9 nitrogen and oxygen atoms in total. The van der Waals surface area contributed by atoms with Crippen molar-refractivity contribution in [1.82, 2.24) is 14.9 Å². The Balaban J connectivity index is 1.11. The third-order valence-electron chi connectivity index (χ3n) is 9.21. The summed E-state index contributed by atoms with van der Waals surface area (Å²) in [6.45, 7) is 9.45. The van der Waals surface area contributed by atoms with Gasteiger partial charge in [0.15, 0.2) is 0 Å². The van der Waals surface area contributed by atoms with E-state index in [1.807, 2.05) is 57.2 Å². The second-order valence-electron chi connectivity index (χ2n) is 11.4. The van der Waals surface area contributed by atoms with Crippen LogP contribution in [0.4, 0.5) is 5.69 Å². The summed E-state index contributed by atoms with van der Waals surface area (Å²) in [7, 11) is 0. The highest BCUT2D eigenvalue weighted by molar-refractivity contribution is 5.94. The summed E-state index contributed by atoms with van der Waals surface area (Å²) in [5.74, 6) is 0.278. The van der Waals surface area contributed by atoms with E-state index in [4.69, 9.17) is 9.47 Å². The van der Waals surface area contributed by atoms with Crippen LogP contribution in [-0.4, -0.2) is 58.6 Å². The maximum absolute atomic E-state index is 13.4. The Bertz CT molecular complexity index is 1490. The molecular weight excluding hydrogens is 484 g/mol. The number of benzene rings is 2. The highest BCUT2D eigenvalue weighted by Crippen LogP contribution is 2.65. The normalized spacial score (nSPS) is 26.5. The molecule has 1 aliphatic carbocycles. The number of rotatable bonds is 5. The van der Waals surface area contributed by atoms with Gasteiger partial charge in [-0.3, -0.25) is 14.5 Å². The molecule has 6 rings (SSSR count). The van der Waals surface area contributed by atoms with Crippen LogP contribution in [0.5, 0.6) is 5.75 Å². The molecule has 2 saturated heterocycles. The van der Waals surface area contributed by atoms with E-state index < -0.39 is 22.4 Å². The summed E-state index contributed by atoms with van der Waals surface area (Å²) in [6.07, 6.45) is 1.08. The molecule has 1 aromatic heterocycles. The third kappa shape index (κ3) is 3.63. The van der Waals surface area contributed by atoms with Crippen LogP contribution in [0, 0.1) is 10.8 Å². The molecule has 38 heavy (non-hydrogen) atoms. The van der Waals surface area contributed by atoms with Gasteiger partial charge in [0.25, 0.3) is 5.56 Å². The van der Waals surface area contributed by atoms with Crippen LogP contribution in [0.2, 0.25) is 0 Å². The van der Waals surface area contributed by atoms with Gasteiger partial charge in [0.05, 0.1) is 22.9 Å². The average Bonchev–Trinajstić information content (AvgIpc) is 3.20. The zero-order chi connectivity index (χ0) is 26.7. The first kappa shape index (κ1) is 24.6. The molecule has 0 spiro atoms. The number of aromatic amines is 1. The van der Waals surface area contributed by atoms with Crippen molar-refractivity contribution in [3.8, 4) is 5.75 Å². The predicted octanol–water partition coefficient (Wildman–Crippen LogP) is 3.27. The number of carbonyl (C=O) groups excluding carboxylic acids is 2. The van der Waals surface area contributed by atoms with Gasteiger partial charge in [-0.05, 0) is 44.0 Å². The monoisotopic (exact) mass is 516 g/mol. The molecule has 2 bridgehead atoms. The lowest BCUT2D eigenvalue weighted by atomic mass is 9.66. The smallest absolute Gasteiger partial charge is 0.356 e. The molecule has 2 aromatic carbocycles. The second kappa shape index (κ2) is 8.66. The molecule has 3 fully saturated rings. The third-order valence-corrected chi connectivity index (χ3v) is 9.21. The number of nitrogens with one attached hydrogen (secondary N) is 1. The molecule has 1 unspecified atom stereocenters. The molecule has 3 aromatic rings. The number of fused-ring (bicyclic) bond motifs is 3. The van der Waals surface area contributed by atoms with Gasteiger partial charge in [-0.25, -0.2) is 9.78 Å². The number of H-pyrrole nitrogens is 1. The first-order valence-electron chi connectivity index (χ1n) is 13.1. The first-order chi connectivity index (χ1) is 18.1. The summed E-state index contributed by atoms with van der Waals surface area (Å²) >= 11 is 0. The minimum Gasteiger partial charge on any atom is -0.446 e. The Hall–Kier alpha value is -3.72. The molecule has 2 aliphatic heterocycles. The fourth-order valence-electron chi connectivity index (χ4n) is 6.22. The summed E-state index contributed by atoms with van der Waals surface area (Å²) in [4.78, 5) is 50.3. The Morgan fingerprint density at radius 3 is 2.50 bits per heavy atom. The van der Waals surface area contributed by atoms with Gasteiger partial charge in [0, 0.05) is 43.3 Å². The Kier molecular flexibility index (Phi) is 5.61. The van der Waals surface area contributed by atoms with Crippen LogP contribution < -0.4 is 15.2 Å². The SMILES string of the molecule is CC12CC[C@](C(=O)Oc3cccc(N4CCN(Cc5nc6ccccc6c(=O)[nH]5)CC4)c3)(OC1=O)C2(C)C. The van der Waals surface area contributed by atoms with Crippen LogP contribution >= 0.6 is 0 Å². The Labute approximate surface area is 220 Å². The quantitative estimate of drug-likeness (QED) is 0.407. The van der Waals surface area contributed by atoms with Gasteiger partial charge in [-0.15, -0.1) is 0 Å². The topological polar surface area (TPSA) is 105 Å². The molecule has 2 atom stereocenters. The van der Waals surface area contributed by atoms with Crippen LogP contribution in [0.3, 0.4) is 0 Å². The molecular formula is C29H32N4O5. The number of anilines is 1. The van der Waals surface area contributed by atoms with Gasteiger partial charge in [-0.2, -0.15) is 0 Å². The lowest BCUT2D eigenvalue weighted by molar-refractivity contribution is -0.176. The summed E-state index contributed by atoms with van der Waals surface area (Å²) in [6, 6.07) is 14.8. The first-order valence-corrected chi connectivity index (χ1v) is 13.1. The van der Waals surface area contributed by atoms with Crippen molar-refractivity contribution in [1.29, 1.82) is 0 Å². The molecule has 0 radical (unpaired) electrons. The summed E-state index contributed by atoms with van der Waals surface area (Å²) < 4.78 is 11.5. The van der Waals surface area contributed by atoms with E-state index in [0.29, 0.717) is 41.9 Å². The molecule has 3 heterocycles. The Morgan fingerprint density at radius 2 is 1.79 bits per heavy atom. The minimum absolute atomic E-state index is 0.117. The summed E-state index contributed by atoms with van der Waals surface area (Å²) in [5.41, 5.74) is -1.03. The van der Waals surface area contributed by atoms with Gasteiger partial charge in [0.2, 0.25) is 5.60 Å². The van der Waals surface area contributed by atoms with E-state index in [1.165, 1.54) is 0 Å². The Morgan fingerprint density at radius 1 is 1.03 bits per heavy atom. The number of para-hydroxylation sites is 1. The number of nitrogens with zero attached hydrogens (tertiary/aromatic N) is 3. The van der Waals surface area contributed by atoms with Gasteiger partial charge in [-0.1, -0.05) is 32.0 Å². The van der Waals surface area contributed by atoms with E-state index in [-0.39, 0.29) is 11.5 Å². The lowest BCUT2D eigenvalue weighted by Gasteiger charge is -2.36. The molecule has 0 amide bonds. The lowest BCUT2D eigenvalue weighted by Crippen LogP contribution is -2.50. The van der Waals surface area contributed by atoms with Crippen LogP contribution in [0.25, 0.3) is 10.9 Å². The van der Waals surface area contributed by atoms with E-state index in [0.717, 1.165) is 31.9 Å². The van der Waals surface area contributed by atoms with E-state index in [1.54, 1.807) is 12.1 Å². The maximum Gasteiger partial charge on any atom is 0.356 e. The van der Waals surface area contributed by atoms with E-state index >= 15 is 0 Å². The number of carbonyl (C=O) groups is 2. The molecule has 1 N–H and O–H groups in total. The van der Waals surface area contributed by atoms with E-state index in [2.05, 4.69) is 19.8 Å². The maximum atomic E-state index is 13.4. The van der Waals surface area contributed by atoms with Crippen LogP contribution in [0.1, 0.15) is 39.4 Å². The van der Waals surface area contributed by atoms with Crippen molar-refractivity contribution in [3.05, 3.63) is 64.7 Å². The molecule has 9 heteroatoms. The van der Waals surface area contributed by atoms with Gasteiger partial charge in [0.1, 0.15) is 11.6 Å². The number of esters is 2. The molecule has 3 aliphatic rings. The fraction of sp³-hybridized carbons (Fsp3) is 0.448. The van der Waals surface area contributed by atoms with Gasteiger partial charge >= 0.3 is 11.9 Å². The summed E-state index contributed by atoms with van der Waals surface area (Å²) in [5, 5.41) is 0.595. The molecule has 198 valence electrons. The second-order valence-corrected chi connectivity index (χ2v) is 11.4. The van der Waals surface area contributed by atoms with Crippen molar-refractivity contribution in [3.63, 3.8) is 0 Å². The number of piperazine rings is 1. The van der Waals surface area contributed by atoms with Crippen molar-refractivity contribution in [2.24, 2.45) is 10.8 Å². The van der Waals surface area contributed by atoms with Crippen molar-refractivity contribution < 1.29 is 19.1 Å². The number of aromatic nitrogens is 2. The average molecular weight is 517 g/mol. The predicted molar refractivity (Wildman–Crippen MR) is 142 cm³/mol. The molecule has 1 saturated carbocycles. The van der Waals surface area contributed by atoms with Crippen molar-refractivity contribution in [2.75, 3.05) is 31.1 Å². The van der Waals surface area contributed by atoms with E-state index in [9.17, 15) is 14.4 Å². The zero-order valence-corrected chi connectivity index (χ0v) is 22.0. The number of hydrogen-bond donors (Lipinski definition) is 1. The number of hydrogen-bond acceptors (Lipinski definition) is 8. The van der Waals surface area contributed by atoms with Crippen molar-refractivity contribution in [2.45, 2.75) is 45.8 Å². The fourth-order valence-corrected chi connectivity index (χ4v) is 6.22. The zero-order valence-electron chi connectivity index (χ0n) is 22.0.